The fourth-order valence-electron chi connectivity index (χ4n) is 1.81. The first-order chi connectivity index (χ1) is 10.1. The third kappa shape index (κ3) is 5.72. The van der Waals surface area contributed by atoms with Gasteiger partial charge < -0.3 is 21.1 Å². The van der Waals surface area contributed by atoms with Gasteiger partial charge in [0.2, 0.25) is 5.91 Å². The molecule has 6 heteroatoms. The Hall–Kier alpha value is -2.24. The van der Waals surface area contributed by atoms with E-state index in [2.05, 4.69) is 10.6 Å². The molecule has 4 N–H and O–H groups in total. The Labute approximate surface area is 124 Å². The minimum Gasteiger partial charge on any atom is -0.482 e. The van der Waals surface area contributed by atoms with Gasteiger partial charge in [-0.15, -0.1) is 0 Å². The zero-order valence-corrected chi connectivity index (χ0v) is 11.9. The maximum atomic E-state index is 11.6. The van der Waals surface area contributed by atoms with E-state index in [1.54, 1.807) is 24.3 Å². The van der Waals surface area contributed by atoms with Gasteiger partial charge in [-0.3, -0.25) is 9.59 Å². The fraction of sp³-hybridized carbons (Fsp3) is 0.467. The maximum absolute atomic E-state index is 11.6. The lowest BCUT2D eigenvalue weighted by atomic mass is 10.3. The van der Waals surface area contributed by atoms with E-state index >= 15 is 0 Å². The molecule has 1 aliphatic rings. The Morgan fingerprint density at radius 2 is 2.00 bits per heavy atom. The summed E-state index contributed by atoms with van der Waals surface area (Å²) in [4.78, 5) is 23.0. The van der Waals surface area contributed by atoms with Crippen molar-refractivity contribution in [2.45, 2.75) is 31.7 Å². The van der Waals surface area contributed by atoms with Crippen molar-refractivity contribution in [3.63, 3.8) is 0 Å². The van der Waals surface area contributed by atoms with Crippen molar-refractivity contribution in [1.29, 1.82) is 0 Å². The molecule has 6 nitrogen and oxygen atoms in total. The largest absolute Gasteiger partial charge is 0.482 e. The van der Waals surface area contributed by atoms with Crippen LogP contribution in [0, 0.1) is 0 Å². The molecular weight excluding hydrogens is 270 g/mol. The van der Waals surface area contributed by atoms with E-state index in [4.69, 9.17) is 10.5 Å². The van der Waals surface area contributed by atoms with Crippen molar-refractivity contribution in [2.75, 3.05) is 18.9 Å². The predicted molar refractivity (Wildman–Crippen MR) is 79.8 cm³/mol. The summed E-state index contributed by atoms with van der Waals surface area (Å²) in [5.74, 6) is 0.331. The molecule has 0 unspecified atom stereocenters. The summed E-state index contributed by atoms with van der Waals surface area (Å²) >= 11 is 0. The standard InChI is InChI=1S/C15H21N3O3/c16-12-4-1-2-5-13(12)21-10-15(20)17-9-3-6-14(19)18-11-7-8-11/h1-2,4-5,11H,3,6-10,16H2,(H,17,20)(H,18,19). The molecule has 0 radical (unpaired) electrons. The number of nitrogens with two attached hydrogens (primary N) is 1. The summed E-state index contributed by atoms with van der Waals surface area (Å²) in [5, 5.41) is 5.62. The summed E-state index contributed by atoms with van der Waals surface area (Å²) in [6, 6.07) is 7.41. The van der Waals surface area contributed by atoms with Crippen LogP contribution < -0.4 is 21.1 Å². The van der Waals surface area contributed by atoms with Crippen LogP contribution in [-0.4, -0.2) is 31.0 Å². The van der Waals surface area contributed by atoms with Gasteiger partial charge in [0.05, 0.1) is 5.69 Å². The van der Waals surface area contributed by atoms with Crippen LogP contribution in [0.25, 0.3) is 0 Å². The highest BCUT2D eigenvalue weighted by molar-refractivity contribution is 5.78. The van der Waals surface area contributed by atoms with Crippen LogP contribution in [0.5, 0.6) is 5.75 Å². The molecule has 0 bridgehead atoms. The summed E-state index contributed by atoms with van der Waals surface area (Å²) in [6.07, 6.45) is 3.23. The molecule has 1 aliphatic carbocycles. The highest BCUT2D eigenvalue weighted by Gasteiger charge is 2.22. The number of para-hydroxylation sites is 2. The van der Waals surface area contributed by atoms with Crippen LogP contribution in [0.2, 0.25) is 0 Å². The zero-order valence-electron chi connectivity index (χ0n) is 11.9. The van der Waals surface area contributed by atoms with Crippen molar-refractivity contribution in [2.24, 2.45) is 0 Å². The van der Waals surface area contributed by atoms with Crippen LogP contribution in [0.3, 0.4) is 0 Å². The number of benzene rings is 1. The minimum absolute atomic E-state index is 0.0556. The second-order valence-electron chi connectivity index (χ2n) is 5.12. The van der Waals surface area contributed by atoms with Gasteiger partial charge in [-0.1, -0.05) is 12.1 Å². The Morgan fingerprint density at radius 3 is 2.71 bits per heavy atom. The lowest BCUT2D eigenvalue weighted by molar-refractivity contribution is -0.124. The molecular formula is C15H21N3O3. The molecule has 0 spiro atoms. The summed E-state index contributed by atoms with van der Waals surface area (Å²) < 4.78 is 5.32. The van der Waals surface area contributed by atoms with Crippen molar-refractivity contribution in [1.82, 2.24) is 10.6 Å². The van der Waals surface area contributed by atoms with E-state index in [1.165, 1.54) is 0 Å². The highest BCUT2D eigenvalue weighted by atomic mass is 16.5. The SMILES string of the molecule is Nc1ccccc1OCC(=O)NCCCC(=O)NC1CC1. The van der Waals surface area contributed by atoms with Gasteiger partial charge in [-0.25, -0.2) is 0 Å². The van der Waals surface area contributed by atoms with E-state index in [-0.39, 0.29) is 18.4 Å². The number of carbonyl (C=O) groups is 2. The van der Waals surface area contributed by atoms with Gasteiger partial charge in [0.25, 0.3) is 5.91 Å². The van der Waals surface area contributed by atoms with Crippen molar-refractivity contribution in [3.05, 3.63) is 24.3 Å². The molecule has 2 amide bonds. The van der Waals surface area contributed by atoms with Gasteiger partial charge in [-0.2, -0.15) is 0 Å². The Kier molecular flexibility index (Phi) is 5.43. The molecule has 21 heavy (non-hydrogen) atoms. The van der Waals surface area contributed by atoms with E-state index in [0.717, 1.165) is 12.8 Å². The second kappa shape index (κ2) is 7.52. The van der Waals surface area contributed by atoms with E-state index in [9.17, 15) is 9.59 Å². The summed E-state index contributed by atoms with van der Waals surface area (Å²) in [5.41, 5.74) is 6.21. The van der Waals surface area contributed by atoms with Crippen LogP contribution in [0.15, 0.2) is 24.3 Å². The van der Waals surface area contributed by atoms with Crippen LogP contribution in [0.1, 0.15) is 25.7 Å². The third-order valence-corrected chi connectivity index (χ3v) is 3.12. The van der Waals surface area contributed by atoms with E-state index in [1.807, 2.05) is 0 Å². The van der Waals surface area contributed by atoms with E-state index < -0.39 is 0 Å². The Balaban J connectivity index is 1.55. The topological polar surface area (TPSA) is 93.4 Å². The zero-order chi connectivity index (χ0) is 15.1. The number of nitrogens with one attached hydrogen (secondary N) is 2. The average molecular weight is 291 g/mol. The minimum atomic E-state index is -0.221. The molecule has 1 aromatic rings. The molecule has 1 fully saturated rings. The monoisotopic (exact) mass is 291 g/mol. The van der Waals surface area contributed by atoms with Gasteiger partial charge >= 0.3 is 0 Å². The molecule has 1 saturated carbocycles. The maximum Gasteiger partial charge on any atom is 0.257 e. The molecule has 0 aliphatic heterocycles. The number of ether oxygens (including phenoxy) is 1. The van der Waals surface area contributed by atoms with Gasteiger partial charge in [0.1, 0.15) is 5.75 Å². The number of amides is 2. The quantitative estimate of drug-likeness (QED) is 0.488. The van der Waals surface area contributed by atoms with Crippen LogP contribution >= 0.6 is 0 Å². The lowest BCUT2D eigenvalue weighted by Crippen LogP contribution is -2.31. The first-order valence-electron chi connectivity index (χ1n) is 7.18. The molecule has 114 valence electrons. The van der Waals surface area contributed by atoms with E-state index in [0.29, 0.717) is 36.9 Å². The van der Waals surface area contributed by atoms with Crippen LogP contribution in [-0.2, 0) is 9.59 Å². The van der Waals surface area contributed by atoms with Crippen molar-refractivity contribution < 1.29 is 14.3 Å². The molecule has 2 rings (SSSR count). The lowest BCUT2D eigenvalue weighted by Gasteiger charge is -2.09. The van der Waals surface area contributed by atoms with Gasteiger partial charge in [0.15, 0.2) is 6.61 Å². The summed E-state index contributed by atoms with van der Waals surface area (Å²) in [7, 11) is 0. The Morgan fingerprint density at radius 1 is 1.24 bits per heavy atom. The summed E-state index contributed by atoms with van der Waals surface area (Å²) in [6.45, 7) is 0.382. The number of hydrogen-bond donors (Lipinski definition) is 3. The third-order valence-electron chi connectivity index (χ3n) is 3.12. The normalized spacial score (nSPS) is 13.5. The molecule has 0 heterocycles. The van der Waals surface area contributed by atoms with Gasteiger partial charge in [-0.05, 0) is 31.4 Å². The first-order valence-corrected chi connectivity index (χ1v) is 7.18. The number of rotatable bonds is 8. The van der Waals surface area contributed by atoms with Crippen molar-refractivity contribution in [3.8, 4) is 5.75 Å². The number of anilines is 1. The number of nitrogen functional groups attached to an aromatic ring is 1. The highest BCUT2D eigenvalue weighted by Crippen LogP contribution is 2.19. The van der Waals surface area contributed by atoms with Crippen molar-refractivity contribution >= 4 is 17.5 Å². The fourth-order valence-corrected chi connectivity index (χ4v) is 1.81. The van der Waals surface area contributed by atoms with Crippen LogP contribution in [0.4, 0.5) is 5.69 Å². The molecule has 0 aromatic heterocycles. The number of hydrogen-bond acceptors (Lipinski definition) is 4. The van der Waals surface area contributed by atoms with Gasteiger partial charge in [0, 0.05) is 19.0 Å². The molecule has 0 atom stereocenters. The Bertz CT molecular complexity index is 501. The number of carbonyl (C=O) groups excluding carboxylic acids is 2. The smallest absolute Gasteiger partial charge is 0.257 e. The molecule has 0 saturated heterocycles. The second-order valence-corrected chi connectivity index (χ2v) is 5.12. The predicted octanol–water partition coefficient (Wildman–Crippen LogP) is 0.823. The average Bonchev–Trinajstić information content (AvgIpc) is 3.26. The first kappa shape index (κ1) is 15.2. The molecule has 1 aromatic carbocycles.